The summed E-state index contributed by atoms with van der Waals surface area (Å²) < 4.78 is 20.3. The van der Waals surface area contributed by atoms with Gasteiger partial charge in [-0.1, -0.05) is 18.1 Å². The molecule has 2 amide bonds. The summed E-state index contributed by atoms with van der Waals surface area (Å²) in [5.41, 5.74) is 2.18. The third-order valence-electron chi connectivity index (χ3n) is 7.97. The molecule has 1 unspecified atom stereocenters. The second-order valence-corrected chi connectivity index (χ2v) is 12.0. The Hall–Kier alpha value is -3.06. The number of nitrogens with zero attached hydrogens (tertiary/aromatic N) is 1. The zero-order valence-electron chi connectivity index (χ0n) is 23.8. The maximum atomic E-state index is 14.5. The minimum atomic E-state index is -0.988. The quantitative estimate of drug-likeness (QED) is 0.413. The number of aliphatic hydroxyl groups excluding tert-OH is 1. The van der Waals surface area contributed by atoms with Gasteiger partial charge in [-0.25, -0.2) is 4.39 Å². The van der Waals surface area contributed by atoms with Crippen LogP contribution in [0.15, 0.2) is 42.5 Å². The Balaban J connectivity index is 1.58. The van der Waals surface area contributed by atoms with E-state index >= 15 is 0 Å². The number of hydrogen-bond acceptors (Lipinski definition) is 6. The number of carbonyl (C=O) groups is 2. The van der Waals surface area contributed by atoms with Gasteiger partial charge in [0.2, 0.25) is 11.8 Å². The van der Waals surface area contributed by atoms with Crippen LogP contribution in [0.3, 0.4) is 0 Å². The molecule has 0 saturated heterocycles. The molecule has 1 aliphatic heterocycles. The van der Waals surface area contributed by atoms with Crippen LogP contribution in [0.1, 0.15) is 55.2 Å². The Morgan fingerprint density at radius 2 is 2.07 bits per heavy atom. The van der Waals surface area contributed by atoms with Crippen molar-refractivity contribution in [2.45, 2.75) is 68.7 Å². The predicted octanol–water partition coefficient (Wildman–Crippen LogP) is 3.62. The minimum Gasteiger partial charge on any atom is -0.493 e. The Morgan fingerprint density at radius 1 is 1.27 bits per heavy atom. The van der Waals surface area contributed by atoms with Gasteiger partial charge in [0, 0.05) is 37.2 Å². The van der Waals surface area contributed by atoms with Gasteiger partial charge in [-0.3, -0.25) is 9.59 Å². The zero-order valence-corrected chi connectivity index (χ0v) is 24.6. The second-order valence-electron chi connectivity index (χ2n) is 11.0. The number of hydrogen-bond donors (Lipinski definition) is 3. The highest BCUT2D eigenvalue weighted by Gasteiger charge is 2.44. The molecular formula is C32H40FN3O4S. The smallest absolute Gasteiger partial charge is 0.243 e. The number of nitrogens with one attached hydrogen (secondary N) is 2. The topological polar surface area (TPSA) is 90.9 Å². The molecule has 1 saturated carbocycles. The molecule has 0 aromatic heterocycles. The molecule has 220 valence electrons. The Bertz CT molecular complexity index is 1260. The van der Waals surface area contributed by atoms with Gasteiger partial charge in [0.25, 0.3) is 0 Å². The third-order valence-corrected chi connectivity index (χ3v) is 8.62. The van der Waals surface area contributed by atoms with E-state index in [1.165, 1.54) is 17.0 Å². The monoisotopic (exact) mass is 581 g/mol. The van der Waals surface area contributed by atoms with E-state index in [0.717, 1.165) is 24.0 Å². The maximum Gasteiger partial charge on any atom is 0.243 e. The summed E-state index contributed by atoms with van der Waals surface area (Å²) in [5, 5.41) is 18.0. The molecule has 1 fully saturated rings. The van der Waals surface area contributed by atoms with E-state index in [4.69, 9.17) is 11.2 Å². The van der Waals surface area contributed by atoms with Gasteiger partial charge in [0.15, 0.2) is 0 Å². The highest BCUT2D eigenvalue weighted by atomic mass is 32.2. The van der Waals surface area contributed by atoms with Crippen molar-refractivity contribution in [3.63, 3.8) is 0 Å². The molecule has 3 atom stereocenters. The third kappa shape index (κ3) is 8.25. The number of likely N-dealkylation sites (N-methyl/N-ethyl adjacent to an activating group) is 1. The number of carbonyl (C=O) groups excluding carboxylic acids is 2. The molecular weight excluding hydrogens is 541 g/mol. The van der Waals surface area contributed by atoms with E-state index in [1.807, 2.05) is 30.5 Å². The molecule has 0 radical (unpaired) electrons. The molecule has 2 aromatic rings. The van der Waals surface area contributed by atoms with Gasteiger partial charge >= 0.3 is 0 Å². The molecule has 1 heterocycles. The van der Waals surface area contributed by atoms with Crippen LogP contribution in [0, 0.1) is 18.2 Å². The van der Waals surface area contributed by atoms with Crippen molar-refractivity contribution in [1.82, 2.24) is 15.5 Å². The van der Waals surface area contributed by atoms with Crippen molar-refractivity contribution in [3.05, 3.63) is 65.0 Å². The van der Waals surface area contributed by atoms with Crippen LogP contribution in [0.5, 0.6) is 5.75 Å². The van der Waals surface area contributed by atoms with Crippen LogP contribution in [0.25, 0.3) is 0 Å². The molecule has 7 nitrogen and oxygen atoms in total. The largest absolute Gasteiger partial charge is 0.493 e. The lowest BCUT2D eigenvalue weighted by Crippen LogP contribution is -2.55. The second kappa shape index (κ2) is 14.2. The first-order valence-electron chi connectivity index (χ1n) is 14.2. The van der Waals surface area contributed by atoms with Crippen molar-refractivity contribution in [2.75, 3.05) is 32.2 Å². The van der Waals surface area contributed by atoms with E-state index in [0.29, 0.717) is 42.9 Å². The summed E-state index contributed by atoms with van der Waals surface area (Å²) in [7, 11) is 1.66. The Labute approximate surface area is 246 Å². The first-order valence-corrected chi connectivity index (χ1v) is 15.6. The maximum absolute atomic E-state index is 14.5. The van der Waals surface area contributed by atoms with Gasteiger partial charge in [0.05, 0.1) is 18.8 Å². The van der Waals surface area contributed by atoms with Crippen LogP contribution in [-0.2, 0) is 21.5 Å². The molecule has 3 N–H and O–H groups in total. The van der Waals surface area contributed by atoms with Crippen LogP contribution in [-0.4, -0.2) is 72.2 Å². The van der Waals surface area contributed by atoms with Crippen molar-refractivity contribution in [1.29, 1.82) is 0 Å². The number of aliphatic hydroxyl groups is 1. The summed E-state index contributed by atoms with van der Waals surface area (Å²) in [6.07, 6.45) is 10.6. The van der Waals surface area contributed by atoms with Gasteiger partial charge < -0.3 is 25.4 Å². The lowest BCUT2D eigenvalue weighted by atomic mass is 9.98. The summed E-state index contributed by atoms with van der Waals surface area (Å²) in [6, 6.07) is 10.9. The first kappa shape index (κ1) is 30.9. The number of thioether (sulfide) groups is 1. The molecule has 41 heavy (non-hydrogen) atoms. The Morgan fingerprint density at radius 3 is 2.80 bits per heavy atom. The highest BCUT2D eigenvalue weighted by molar-refractivity contribution is 7.98. The van der Waals surface area contributed by atoms with E-state index in [9.17, 15) is 19.1 Å². The van der Waals surface area contributed by atoms with Crippen molar-refractivity contribution in [3.8, 4) is 18.1 Å². The van der Waals surface area contributed by atoms with Gasteiger partial charge in [-0.15, -0.1) is 6.42 Å². The van der Waals surface area contributed by atoms with Crippen LogP contribution < -0.4 is 15.4 Å². The average Bonchev–Trinajstić information content (AvgIpc) is 3.76. The fourth-order valence-electron chi connectivity index (χ4n) is 5.33. The zero-order chi connectivity index (χ0) is 29.4. The van der Waals surface area contributed by atoms with E-state index < -0.39 is 24.0 Å². The molecule has 2 aromatic carbocycles. The number of ether oxygens (including phenoxy) is 1. The standard InChI is InChI=1S/C32H40FN3O4S/c1-4-22-8-7-9-24(16-22)32(12-13-32)34-21-29(37)27-19-23-17-25(33)20-26(18-23)40-14-6-5-10-30(38)36(2)28(11-15-41-3)31(39)35-27/h1,7-9,16-18,20,27-29,34,37H,5-6,10-15,19,21H2,2-3H3,(H,35,39)/t27-,28?,29+/m0/s1. The van der Waals surface area contributed by atoms with Crippen LogP contribution in [0.2, 0.25) is 0 Å². The molecule has 4 rings (SSSR count). The number of terminal acetylenes is 1. The minimum absolute atomic E-state index is 0.114. The predicted molar refractivity (Wildman–Crippen MR) is 160 cm³/mol. The van der Waals surface area contributed by atoms with Crippen molar-refractivity contribution < 1.29 is 23.8 Å². The molecule has 2 bridgehead atoms. The summed E-state index contributed by atoms with van der Waals surface area (Å²) in [4.78, 5) is 28.1. The first-order chi connectivity index (χ1) is 19.7. The molecule has 1 aliphatic carbocycles. The summed E-state index contributed by atoms with van der Waals surface area (Å²) in [5.74, 6) is 2.87. The van der Waals surface area contributed by atoms with E-state index in [-0.39, 0.29) is 36.7 Å². The normalized spacial score (nSPS) is 22.0. The van der Waals surface area contributed by atoms with E-state index in [2.05, 4.69) is 16.6 Å². The van der Waals surface area contributed by atoms with Gasteiger partial charge in [0.1, 0.15) is 17.6 Å². The fourth-order valence-corrected chi connectivity index (χ4v) is 5.79. The van der Waals surface area contributed by atoms with Crippen LogP contribution in [0.4, 0.5) is 4.39 Å². The number of halogens is 1. The number of rotatable bonds is 8. The van der Waals surface area contributed by atoms with E-state index in [1.54, 1.807) is 24.9 Å². The SMILES string of the molecule is C#Cc1cccc(C2(NC[C@@H](O)[C@@H]3Cc4cc(F)cc(c4)OCCCCC(=O)N(C)C(CCSC)C(=O)N3)CC2)c1. The number of fused-ring (bicyclic) bond motifs is 2. The van der Waals surface area contributed by atoms with Crippen LogP contribution >= 0.6 is 11.8 Å². The molecule has 9 heteroatoms. The molecule has 2 aliphatic rings. The van der Waals surface area contributed by atoms with Gasteiger partial charge in [-0.05, 0) is 85.9 Å². The highest BCUT2D eigenvalue weighted by Crippen LogP contribution is 2.45. The Kier molecular flexibility index (Phi) is 10.7. The fraction of sp³-hybridized carbons (Fsp3) is 0.500. The molecule has 0 spiro atoms. The average molecular weight is 582 g/mol. The summed E-state index contributed by atoms with van der Waals surface area (Å²) >= 11 is 1.60. The van der Waals surface area contributed by atoms with Crippen molar-refractivity contribution in [2.24, 2.45) is 0 Å². The lowest BCUT2D eigenvalue weighted by Gasteiger charge is -2.32. The van der Waals surface area contributed by atoms with Gasteiger partial charge in [-0.2, -0.15) is 11.8 Å². The lowest BCUT2D eigenvalue weighted by molar-refractivity contribution is -0.139. The number of amides is 2. The summed E-state index contributed by atoms with van der Waals surface area (Å²) in [6.45, 7) is 0.556. The van der Waals surface area contributed by atoms with Crippen molar-refractivity contribution >= 4 is 23.6 Å². The number of benzene rings is 2.